The van der Waals surface area contributed by atoms with Crippen LogP contribution in [0.4, 0.5) is 5.82 Å². The highest BCUT2D eigenvalue weighted by molar-refractivity contribution is 7.98. The zero-order valence-electron chi connectivity index (χ0n) is 16.3. The molecule has 10 nitrogen and oxygen atoms in total. The van der Waals surface area contributed by atoms with Gasteiger partial charge in [0.1, 0.15) is 0 Å². The number of nitrogen functional groups attached to an aromatic ring is 1. The van der Waals surface area contributed by atoms with Gasteiger partial charge in [0.15, 0.2) is 5.69 Å². The number of anilines is 1. The van der Waals surface area contributed by atoms with Crippen LogP contribution in [0.15, 0.2) is 51.0 Å². The van der Waals surface area contributed by atoms with E-state index in [9.17, 15) is 4.79 Å². The quantitative estimate of drug-likeness (QED) is 0.238. The van der Waals surface area contributed by atoms with E-state index >= 15 is 0 Å². The van der Waals surface area contributed by atoms with Gasteiger partial charge in [-0.05, 0) is 59.8 Å². The Morgan fingerprint density at radius 2 is 2.19 bits per heavy atom. The molecule has 0 radical (unpaired) electrons. The zero-order chi connectivity index (χ0) is 21.6. The van der Waals surface area contributed by atoms with Gasteiger partial charge < -0.3 is 5.73 Å². The van der Waals surface area contributed by atoms with Gasteiger partial charge in [-0.25, -0.2) is 10.1 Å². The standard InChI is InChI=1S/C19H19ClN8O2S/c20-13-6-8-14(9-7-13)31-11-15-16(23-27-28(15)18-17(21)25-30-26-18)19(29)24-22-10-12-4-2-1-3-5-12/h1-2,6-10,12H,3-5,11H2,(H2,21,25)(H,24,29)/b22-10+. The third kappa shape index (κ3) is 5.12. The molecule has 1 aliphatic carbocycles. The Hall–Kier alpha value is -3.18. The van der Waals surface area contributed by atoms with Crippen LogP contribution in [0.25, 0.3) is 5.82 Å². The SMILES string of the molecule is Nc1nonc1-n1nnc(C(=O)N/N=C/C2CC=CCC2)c1CSc1ccc(Cl)cc1. The molecular formula is C19H19ClN8O2S. The minimum atomic E-state index is -0.476. The first-order chi connectivity index (χ1) is 15.1. The number of hydrogen-bond donors (Lipinski definition) is 2. The van der Waals surface area contributed by atoms with Crippen molar-refractivity contribution in [2.45, 2.75) is 29.9 Å². The fourth-order valence-electron chi connectivity index (χ4n) is 3.00. The normalized spacial score (nSPS) is 16.1. The van der Waals surface area contributed by atoms with E-state index in [-0.39, 0.29) is 17.3 Å². The second-order valence-corrected chi connectivity index (χ2v) is 8.26. The zero-order valence-corrected chi connectivity index (χ0v) is 17.9. The van der Waals surface area contributed by atoms with Gasteiger partial charge in [-0.1, -0.05) is 29.0 Å². The summed E-state index contributed by atoms with van der Waals surface area (Å²) in [7, 11) is 0. The number of carbonyl (C=O) groups excluding carboxylic acids is 1. The molecule has 0 aliphatic heterocycles. The predicted molar refractivity (Wildman–Crippen MR) is 117 cm³/mol. The molecule has 1 aliphatic rings. The number of nitrogens with two attached hydrogens (primary N) is 1. The smallest absolute Gasteiger partial charge is 0.293 e. The van der Waals surface area contributed by atoms with Crippen molar-refractivity contribution in [1.29, 1.82) is 0 Å². The molecule has 2 aromatic heterocycles. The number of hydrogen-bond acceptors (Lipinski definition) is 9. The maximum atomic E-state index is 12.8. The van der Waals surface area contributed by atoms with Crippen LogP contribution in [-0.4, -0.2) is 37.4 Å². The lowest BCUT2D eigenvalue weighted by Gasteiger charge is -2.11. The summed E-state index contributed by atoms with van der Waals surface area (Å²) in [6.07, 6.45) is 8.96. The number of allylic oxidation sites excluding steroid dienone is 2. The highest BCUT2D eigenvalue weighted by Gasteiger charge is 2.24. The number of thioether (sulfide) groups is 1. The maximum absolute atomic E-state index is 12.8. The molecule has 31 heavy (non-hydrogen) atoms. The topological polar surface area (TPSA) is 137 Å². The molecule has 160 valence electrons. The second kappa shape index (κ2) is 9.75. The van der Waals surface area contributed by atoms with Gasteiger partial charge in [0.2, 0.25) is 11.6 Å². The summed E-state index contributed by atoms with van der Waals surface area (Å²) in [6.45, 7) is 0. The summed E-state index contributed by atoms with van der Waals surface area (Å²) in [4.78, 5) is 13.7. The van der Waals surface area contributed by atoms with Crippen LogP contribution in [0.1, 0.15) is 35.4 Å². The molecule has 1 atom stereocenters. The lowest BCUT2D eigenvalue weighted by atomic mass is 9.96. The van der Waals surface area contributed by atoms with E-state index < -0.39 is 5.91 Å². The lowest BCUT2D eigenvalue weighted by molar-refractivity contribution is 0.0949. The van der Waals surface area contributed by atoms with Gasteiger partial charge in [-0.2, -0.15) is 9.78 Å². The number of benzene rings is 1. The van der Waals surface area contributed by atoms with E-state index in [0.29, 0.717) is 22.4 Å². The van der Waals surface area contributed by atoms with Crippen molar-refractivity contribution in [3.05, 3.63) is 52.8 Å². The van der Waals surface area contributed by atoms with E-state index in [1.807, 2.05) is 12.1 Å². The first kappa shape index (κ1) is 21.1. The Balaban J connectivity index is 1.54. The van der Waals surface area contributed by atoms with Crippen molar-refractivity contribution in [2.75, 3.05) is 5.73 Å². The fraction of sp³-hybridized carbons (Fsp3) is 0.263. The molecule has 0 bridgehead atoms. The summed E-state index contributed by atoms with van der Waals surface area (Å²) in [5, 5.41) is 20.1. The Morgan fingerprint density at radius 1 is 1.35 bits per heavy atom. The van der Waals surface area contributed by atoms with Crippen LogP contribution < -0.4 is 11.2 Å². The molecule has 1 unspecified atom stereocenters. The van der Waals surface area contributed by atoms with Crippen molar-refractivity contribution in [1.82, 2.24) is 30.7 Å². The van der Waals surface area contributed by atoms with Crippen molar-refractivity contribution in [3.63, 3.8) is 0 Å². The van der Waals surface area contributed by atoms with E-state index in [1.165, 1.54) is 16.4 Å². The Bertz CT molecular complexity index is 1110. The first-order valence-electron chi connectivity index (χ1n) is 9.51. The van der Waals surface area contributed by atoms with Gasteiger partial charge in [0.05, 0.1) is 5.69 Å². The van der Waals surface area contributed by atoms with Crippen LogP contribution in [0.5, 0.6) is 0 Å². The average molecular weight is 459 g/mol. The number of halogens is 1. The third-order valence-corrected chi connectivity index (χ3v) is 5.90. The molecule has 3 N–H and O–H groups in total. The number of aromatic nitrogens is 5. The van der Waals surface area contributed by atoms with Crippen LogP contribution in [0.2, 0.25) is 5.02 Å². The molecule has 4 rings (SSSR count). The summed E-state index contributed by atoms with van der Waals surface area (Å²) < 4.78 is 6.01. The maximum Gasteiger partial charge on any atom is 0.293 e. The average Bonchev–Trinajstić information content (AvgIpc) is 3.39. The number of amides is 1. The molecule has 1 aromatic carbocycles. The molecule has 2 heterocycles. The van der Waals surface area contributed by atoms with Gasteiger partial charge in [0, 0.05) is 21.9 Å². The molecule has 1 amide bonds. The van der Waals surface area contributed by atoms with Gasteiger partial charge in [-0.3, -0.25) is 4.79 Å². The summed E-state index contributed by atoms with van der Waals surface area (Å²) in [5.41, 5.74) is 8.94. The van der Waals surface area contributed by atoms with Crippen LogP contribution in [0, 0.1) is 5.92 Å². The largest absolute Gasteiger partial charge is 0.378 e. The van der Waals surface area contributed by atoms with Gasteiger partial charge in [-0.15, -0.1) is 16.9 Å². The van der Waals surface area contributed by atoms with E-state index in [1.54, 1.807) is 18.3 Å². The number of rotatable bonds is 7. The summed E-state index contributed by atoms with van der Waals surface area (Å²) in [6, 6.07) is 7.36. The summed E-state index contributed by atoms with van der Waals surface area (Å²) in [5.74, 6) is 0.395. The Labute approximate surface area is 186 Å². The molecule has 0 saturated heterocycles. The van der Waals surface area contributed by atoms with Crippen molar-refractivity contribution in [2.24, 2.45) is 11.0 Å². The van der Waals surface area contributed by atoms with Crippen molar-refractivity contribution < 1.29 is 9.42 Å². The molecule has 0 spiro atoms. The fourth-order valence-corrected chi connectivity index (χ4v) is 4.02. The Kier molecular flexibility index (Phi) is 6.63. The van der Waals surface area contributed by atoms with Crippen LogP contribution in [-0.2, 0) is 5.75 Å². The minimum absolute atomic E-state index is 0.0398. The van der Waals surface area contributed by atoms with E-state index in [4.69, 9.17) is 17.3 Å². The first-order valence-corrected chi connectivity index (χ1v) is 10.9. The van der Waals surface area contributed by atoms with Crippen molar-refractivity contribution in [3.8, 4) is 5.82 Å². The monoisotopic (exact) mass is 458 g/mol. The summed E-state index contributed by atoms with van der Waals surface area (Å²) >= 11 is 7.43. The Morgan fingerprint density at radius 3 is 2.90 bits per heavy atom. The number of carbonyl (C=O) groups is 1. The van der Waals surface area contributed by atoms with Gasteiger partial charge >= 0.3 is 0 Å². The molecule has 12 heteroatoms. The highest BCUT2D eigenvalue weighted by atomic mass is 35.5. The molecule has 3 aromatic rings. The third-order valence-electron chi connectivity index (χ3n) is 4.62. The molecule has 0 fully saturated rings. The van der Waals surface area contributed by atoms with E-state index in [0.717, 1.165) is 24.2 Å². The van der Waals surface area contributed by atoms with Crippen LogP contribution >= 0.6 is 23.4 Å². The van der Waals surface area contributed by atoms with E-state index in [2.05, 4.69) is 47.9 Å². The predicted octanol–water partition coefficient (Wildman–Crippen LogP) is 3.25. The minimum Gasteiger partial charge on any atom is -0.378 e. The number of hydrazone groups is 1. The van der Waals surface area contributed by atoms with Crippen molar-refractivity contribution >= 4 is 41.3 Å². The highest BCUT2D eigenvalue weighted by Crippen LogP contribution is 2.27. The lowest BCUT2D eigenvalue weighted by Crippen LogP contribution is -2.21. The second-order valence-electron chi connectivity index (χ2n) is 6.78. The van der Waals surface area contributed by atoms with Crippen LogP contribution in [0.3, 0.4) is 0 Å². The number of nitrogens with one attached hydrogen (secondary N) is 1. The van der Waals surface area contributed by atoms with Gasteiger partial charge in [0.25, 0.3) is 5.91 Å². The molecular weight excluding hydrogens is 440 g/mol. The molecule has 0 saturated carbocycles. The number of nitrogens with zero attached hydrogens (tertiary/aromatic N) is 6.